The molecule has 8 aromatic carbocycles. The fraction of sp³-hybridized carbons (Fsp3) is 0.0213. The minimum Gasteiger partial charge on any atom is -0.309 e. The molecule has 1 aliphatic carbocycles. The van der Waals surface area contributed by atoms with E-state index in [2.05, 4.69) is 180 Å². The second-order valence-electron chi connectivity index (χ2n) is 13.0. The van der Waals surface area contributed by atoms with Crippen LogP contribution in [-0.4, -0.2) is 4.57 Å². The van der Waals surface area contributed by atoms with Gasteiger partial charge in [0.05, 0.1) is 16.4 Å². The first-order chi connectivity index (χ1) is 24.2. The van der Waals surface area contributed by atoms with Crippen molar-refractivity contribution in [2.24, 2.45) is 0 Å². The Hall–Kier alpha value is -5.89. The van der Waals surface area contributed by atoms with Crippen molar-refractivity contribution in [3.8, 4) is 27.9 Å². The van der Waals surface area contributed by atoms with Gasteiger partial charge in [0, 0.05) is 21.5 Å². The zero-order chi connectivity index (χ0) is 32.5. The van der Waals surface area contributed by atoms with Crippen LogP contribution in [-0.2, 0) is 5.41 Å². The molecule has 2 heteroatoms. The van der Waals surface area contributed by atoms with Gasteiger partial charge in [0.15, 0.2) is 0 Å². The highest BCUT2D eigenvalue weighted by Gasteiger charge is 2.46. The third-order valence-electron chi connectivity index (χ3n) is 10.5. The van der Waals surface area contributed by atoms with Crippen molar-refractivity contribution in [3.05, 3.63) is 209 Å². The minimum absolute atomic E-state index is 0.528. The van der Waals surface area contributed by atoms with Crippen LogP contribution in [0.3, 0.4) is 0 Å². The second-order valence-corrected chi connectivity index (χ2v) is 13.5. The van der Waals surface area contributed by atoms with Crippen molar-refractivity contribution in [2.45, 2.75) is 5.41 Å². The number of aromatic nitrogens is 1. The van der Waals surface area contributed by atoms with E-state index in [0.717, 1.165) is 10.7 Å². The molecule has 0 fully saturated rings. The Balaban J connectivity index is 1.26. The van der Waals surface area contributed by atoms with Gasteiger partial charge in [-0.1, -0.05) is 145 Å². The lowest BCUT2D eigenvalue weighted by molar-refractivity contribution is 0.770. The molecule has 1 heterocycles. The minimum atomic E-state index is -0.528. The van der Waals surface area contributed by atoms with Crippen LogP contribution in [0.4, 0.5) is 0 Å². The van der Waals surface area contributed by atoms with Gasteiger partial charge in [-0.25, -0.2) is 0 Å². The molecule has 0 aliphatic heterocycles. The Morgan fingerprint density at radius 3 is 1.96 bits per heavy atom. The van der Waals surface area contributed by atoms with Gasteiger partial charge in [-0.2, -0.15) is 0 Å². The first-order valence-electron chi connectivity index (χ1n) is 16.8. The van der Waals surface area contributed by atoms with E-state index in [1.165, 1.54) is 77.1 Å². The average molecular weight is 644 g/mol. The number of rotatable bonds is 4. The lowest BCUT2D eigenvalue weighted by Crippen LogP contribution is -2.28. The smallest absolute Gasteiger partial charge is 0.0714 e. The number of halogens is 1. The highest BCUT2D eigenvalue weighted by Crippen LogP contribution is 2.57. The summed E-state index contributed by atoms with van der Waals surface area (Å²) in [6.45, 7) is 0. The largest absolute Gasteiger partial charge is 0.309 e. The van der Waals surface area contributed by atoms with Gasteiger partial charge >= 0.3 is 0 Å². The van der Waals surface area contributed by atoms with Crippen LogP contribution in [0.15, 0.2) is 182 Å². The van der Waals surface area contributed by atoms with Crippen molar-refractivity contribution in [1.29, 1.82) is 0 Å². The van der Waals surface area contributed by atoms with E-state index in [-0.39, 0.29) is 0 Å². The number of hydrogen-bond donors (Lipinski definition) is 0. The van der Waals surface area contributed by atoms with Gasteiger partial charge in [-0.15, -0.1) is 0 Å². The maximum Gasteiger partial charge on any atom is 0.0714 e. The quantitative estimate of drug-likeness (QED) is 0.180. The van der Waals surface area contributed by atoms with E-state index in [0.29, 0.717) is 0 Å². The van der Waals surface area contributed by atoms with Gasteiger partial charge in [0.25, 0.3) is 0 Å². The second kappa shape index (κ2) is 10.8. The lowest BCUT2D eigenvalue weighted by Gasteiger charge is -2.34. The summed E-state index contributed by atoms with van der Waals surface area (Å²) in [7, 11) is 0. The predicted molar refractivity (Wildman–Crippen MR) is 206 cm³/mol. The van der Waals surface area contributed by atoms with Crippen LogP contribution < -0.4 is 0 Å². The summed E-state index contributed by atoms with van der Waals surface area (Å²) < 4.78 is 2.39. The zero-order valence-electron chi connectivity index (χ0n) is 26.6. The Bertz CT molecular complexity index is 2720. The molecule has 1 atom stereocenters. The molecule has 1 unspecified atom stereocenters. The van der Waals surface area contributed by atoms with E-state index in [9.17, 15) is 0 Å². The van der Waals surface area contributed by atoms with Crippen LogP contribution in [0.2, 0.25) is 5.02 Å². The standard InChI is InChI=1S/C47H30ClN/c48-37-23-26-43-42(30-37)39-24-20-33(34-21-25-41-40-17-9-10-18-45(40)49(46(41)29-34)38-15-5-2-6-16-38)28-44(39)47(43,35-13-3-1-4-14-35)36-22-19-31-11-7-8-12-32(31)27-36/h1-30H. The molecule has 0 amide bonds. The molecule has 1 aliphatic rings. The number of nitrogens with zero attached hydrogens (tertiary/aromatic N) is 1. The molecule has 9 aromatic rings. The summed E-state index contributed by atoms with van der Waals surface area (Å²) in [5, 5.41) is 5.72. The monoisotopic (exact) mass is 643 g/mol. The first-order valence-corrected chi connectivity index (χ1v) is 17.2. The molecule has 0 bridgehead atoms. The average Bonchev–Trinajstić information content (AvgIpc) is 3.65. The summed E-state index contributed by atoms with van der Waals surface area (Å²) >= 11 is 6.73. The Kier molecular flexibility index (Phi) is 6.22. The molecule has 0 saturated heterocycles. The highest BCUT2D eigenvalue weighted by atomic mass is 35.5. The number of para-hydroxylation sites is 2. The maximum atomic E-state index is 6.73. The van der Waals surface area contributed by atoms with Crippen molar-refractivity contribution >= 4 is 44.2 Å². The van der Waals surface area contributed by atoms with Crippen LogP contribution >= 0.6 is 11.6 Å². The van der Waals surface area contributed by atoms with Crippen LogP contribution in [0, 0.1) is 0 Å². The van der Waals surface area contributed by atoms with Gasteiger partial charge in [0.1, 0.15) is 0 Å². The molecular weight excluding hydrogens is 614 g/mol. The van der Waals surface area contributed by atoms with Crippen molar-refractivity contribution in [2.75, 3.05) is 0 Å². The molecule has 0 N–H and O–H groups in total. The van der Waals surface area contributed by atoms with Crippen LogP contribution in [0.5, 0.6) is 0 Å². The normalized spacial score (nSPS) is 15.1. The molecule has 0 radical (unpaired) electrons. The highest BCUT2D eigenvalue weighted by molar-refractivity contribution is 6.31. The number of hydrogen-bond acceptors (Lipinski definition) is 0. The fourth-order valence-electron chi connectivity index (χ4n) is 8.39. The molecule has 0 saturated carbocycles. The SMILES string of the molecule is Clc1ccc2c(c1)-c1ccc(-c3ccc4c5ccccc5n(-c5ccccc5)c4c3)cc1C2(c1ccccc1)c1ccc2ccccc2c1. The van der Waals surface area contributed by atoms with Gasteiger partial charge in [-0.3, -0.25) is 0 Å². The number of benzene rings is 8. The molecule has 1 nitrogen and oxygen atoms in total. The summed E-state index contributed by atoms with van der Waals surface area (Å²) in [5.41, 5.74) is 12.8. The predicted octanol–water partition coefficient (Wildman–Crippen LogP) is 12.6. The number of fused-ring (bicyclic) bond motifs is 7. The molecule has 0 spiro atoms. The molecule has 10 rings (SSSR count). The Morgan fingerprint density at radius 2 is 1.10 bits per heavy atom. The Labute approximate surface area is 290 Å². The molecule has 230 valence electrons. The summed E-state index contributed by atoms with van der Waals surface area (Å²) in [6.07, 6.45) is 0. The fourth-order valence-corrected chi connectivity index (χ4v) is 8.56. The lowest BCUT2D eigenvalue weighted by atomic mass is 9.67. The van der Waals surface area contributed by atoms with Crippen LogP contribution in [0.25, 0.3) is 60.5 Å². The van der Waals surface area contributed by atoms with E-state index < -0.39 is 5.41 Å². The summed E-state index contributed by atoms with van der Waals surface area (Å²) in [6, 6.07) is 66.4. The van der Waals surface area contributed by atoms with E-state index in [4.69, 9.17) is 11.6 Å². The first kappa shape index (κ1) is 28.2. The van der Waals surface area contributed by atoms with E-state index in [1.54, 1.807) is 0 Å². The van der Waals surface area contributed by atoms with Crippen molar-refractivity contribution in [1.82, 2.24) is 4.57 Å². The molecule has 1 aromatic heterocycles. The van der Waals surface area contributed by atoms with Gasteiger partial charge in [-0.05, 0) is 104 Å². The topological polar surface area (TPSA) is 4.93 Å². The zero-order valence-corrected chi connectivity index (χ0v) is 27.4. The van der Waals surface area contributed by atoms with Crippen molar-refractivity contribution < 1.29 is 0 Å². The van der Waals surface area contributed by atoms with Crippen LogP contribution in [0.1, 0.15) is 22.3 Å². The maximum absolute atomic E-state index is 6.73. The molecular formula is C47H30ClN. The van der Waals surface area contributed by atoms with Crippen molar-refractivity contribution in [3.63, 3.8) is 0 Å². The molecule has 49 heavy (non-hydrogen) atoms. The van der Waals surface area contributed by atoms with E-state index >= 15 is 0 Å². The third kappa shape index (κ3) is 4.13. The van der Waals surface area contributed by atoms with Gasteiger partial charge < -0.3 is 4.57 Å². The summed E-state index contributed by atoms with van der Waals surface area (Å²) in [4.78, 5) is 0. The van der Waals surface area contributed by atoms with E-state index in [1.807, 2.05) is 6.07 Å². The Morgan fingerprint density at radius 1 is 0.408 bits per heavy atom. The third-order valence-corrected chi connectivity index (χ3v) is 10.7. The van der Waals surface area contributed by atoms with Gasteiger partial charge in [0.2, 0.25) is 0 Å². The summed E-state index contributed by atoms with van der Waals surface area (Å²) in [5.74, 6) is 0.